The van der Waals surface area contributed by atoms with Gasteiger partial charge in [-0.15, -0.1) is 0 Å². The van der Waals surface area contributed by atoms with Gasteiger partial charge < -0.3 is 15.4 Å². The molecule has 1 fully saturated rings. The fourth-order valence-corrected chi connectivity index (χ4v) is 4.61. The van der Waals surface area contributed by atoms with Gasteiger partial charge in [-0.3, -0.25) is 4.79 Å². The lowest BCUT2D eigenvalue weighted by Gasteiger charge is -2.39. The second-order valence-electron chi connectivity index (χ2n) is 9.62. The Morgan fingerprint density at radius 2 is 1.68 bits per heavy atom. The van der Waals surface area contributed by atoms with Crippen molar-refractivity contribution in [1.29, 1.82) is 0 Å². The summed E-state index contributed by atoms with van der Waals surface area (Å²) in [5.41, 5.74) is -2.37. The number of carbonyl (C=O) groups is 2. The van der Waals surface area contributed by atoms with Gasteiger partial charge in [0.2, 0.25) is 0 Å². The quantitative estimate of drug-likeness (QED) is 0.208. The van der Waals surface area contributed by atoms with Gasteiger partial charge in [0.05, 0.1) is 11.1 Å². The van der Waals surface area contributed by atoms with Gasteiger partial charge in [0.25, 0.3) is 5.92 Å². The Kier molecular flexibility index (Phi) is 8.27. The summed E-state index contributed by atoms with van der Waals surface area (Å²) >= 11 is 0. The topological polar surface area (TPSA) is 67.4 Å². The maximum absolute atomic E-state index is 14.9. The molecule has 4 rings (SSSR count). The van der Waals surface area contributed by atoms with Crippen LogP contribution in [0, 0.1) is 11.6 Å². The highest BCUT2D eigenvalue weighted by Crippen LogP contribution is 2.40. The van der Waals surface area contributed by atoms with E-state index in [4.69, 9.17) is 0 Å². The standard InChI is InChI=1S/C28H22F8N2O3/c29-20-9-19(10-22(11-20)41-28(35,36)24(31)32)27(12-16-4-2-1-3-5-16,18-6-7-23(30)17(8-18)15-39)38-25(40)37-21-13-26(33,34)14-21/h1-11,15,21,24H,12-14H2,(H2,37,38,40). The predicted octanol–water partition coefficient (Wildman–Crippen LogP) is 6.60. The maximum atomic E-state index is 14.9. The van der Waals surface area contributed by atoms with Crippen LogP contribution >= 0.6 is 0 Å². The van der Waals surface area contributed by atoms with Crippen LogP contribution < -0.4 is 15.4 Å². The molecule has 218 valence electrons. The van der Waals surface area contributed by atoms with E-state index in [-0.39, 0.29) is 23.8 Å². The molecule has 0 aliphatic heterocycles. The Balaban J connectivity index is 1.89. The van der Waals surface area contributed by atoms with E-state index in [0.717, 1.165) is 30.3 Å². The van der Waals surface area contributed by atoms with E-state index >= 15 is 0 Å². The zero-order valence-electron chi connectivity index (χ0n) is 21.0. The molecule has 1 atom stereocenters. The molecule has 3 aromatic rings. The van der Waals surface area contributed by atoms with Crippen LogP contribution in [0.1, 0.15) is 39.9 Å². The summed E-state index contributed by atoms with van der Waals surface area (Å²) in [6.07, 6.45) is -10.7. The van der Waals surface area contributed by atoms with Gasteiger partial charge in [0.15, 0.2) is 6.29 Å². The molecule has 1 saturated carbocycles. The molecule has 3 aromatic carbocycles. The summed E-state index contributed by atoms with van der Waals surface area (Å²) in [7, 11) is 0. The first-order valence-electron chi connectivity index (χ1n) is 12.1. The minimum Gasteiger partial charge on any atom is -0.428 e. The minimum absolute atomic E-state index is 0.0453. The molecule has 1 aliphatic carbocycles. The number of alkyl halides is 6. The molecule has 0 heterocycles. The zero-order valence-corrected chi connectivity index (χ0v) is 21.0. The first-order valence-corrected chi connectivity index (χ1v) is 12.1. The molecule has 0 saturated heterocycles. The predicted molar refractivity (Wildman–Crippen MR) is 130 cm³/mol. The van der Waals surface area contributed by atoms with Crippen molar-refractivity contribution in [2.45, 2.75) is 49.3 Å². The number of hydrogen-bond acceptors (Lipinski definition) is 3. The number of aldehydes is 1. The lowest BCUT2D eigenvalue weighted by molar-refractivity contribution is -0.253. The first-order chi connectivity index (χ1) is 19.2. The van der Waals surface area contributed by atoms with Crippen LogP contribution in [0.3, 0.4) is 0 Å². The van der Waals surface area contributed by atoms with Crippen molar-refractivity contribution >= 4 is 12.3 Å². The second-order valence-corrected chi connectivity index (χ2v) is 9.62. The maximum Gasteiger partial charge on any atom is 0.461 e. The Morgan fingerprint density at radius 1 is 1.00 bits per heavy atom. The highest BCUT2D eigenvalue weighted by Gasteiger charge is 2.47. The van der Waals surface area contributed by atoms with Gasteiger partial charge in [-0.25, -0.2) is 22.4 Å². The van der Waals surface area contributed by atoms with Crippen LogP contribution in [0.5, 0.6) is 5.75 Å². The molecule has 5 nitrogen and oxygen atoms in total. The fraction of sp³-hybridized carbons (Fsp3) is 0.286. The zero-order chi connectivity index (χ0) is 30.0. The summed E-state index contributed by atoms with van der Waals surface area (Å²) < 4.78 is 113. The van der Waals surface area contributed by atoms with E-state index in [0.29, 0.717) is 11.6 Å². The number of carbonyl (C=O) groups excluding carboxylic acids is 2. The number of ether oxygens (including phenoxy) is 1. The monoisotopic (exact) mass is 586 g/mol. The number of amides is 2. The number of nitrogens with one attached hydrogen (secondary N) is 2. The third-order valence-electron chi connectivity index (χ3n) is 6.55. The Bertz CT molecular complexity index is 1410. The number of rotatable bonds is 10. The van der Waals surface area contributed by atoms with Crippen LogP contribution in [0.2, 0.25) is 0 Å². The van der Waals surface area contributed by atoms with Gasteiger partial charge in [-0.1, -0.05) is 36.4 Å². The van der Waals surface area contributed by atoms with Gasteiger partial charge in [-0.2, -0.15) is 17.6 Å². The van der Waals surface area contributed by atoms with E-state index in [9.17, 15) is 44.7 Å². The van der Waals surface area contributed by atoms with Crippen LogP contribution in [-0.4, -0.2) is 36.8 Å². The summed E-state index contributed by atoms with van der Waals surface area (Å²) in [5.74, 6) is -6.18. The van der Waals surface area contributed by atoms with Crippen LogP contribution in [0.4, 0.5) is 39.9 Å². The van der Waals surface area contributed by atoms with Crippen molar-refractivity contribution < 1.29 is 49.4 Å². The van der Waals surface area contributed by atoms with E-state index in [1.165, 1.54) is 0 Å². The molecule has 2 N–H and O–H groups in total. The van der Waals surface area contributed by atoms with Crippen molar-refractivity contribution in [2.75, 3.05) is 0 Å². The van der Waals surface area contributed by atoms with Gasteiger partial charge >= 0.3 is 18.6 Å². The lowest BCUT2D eigenvalue weighted by Crippen LogP contribution is -2.58. The Morgan fingerprint density at radius 3 is 2.29 bits per heavy atom. The fourth-order valence-electron chi connectivity index (χ4n) is 4.61. The van der Waals surface area contributed by atoms with E-state index in [1.54, 1.807) is 30.3 Å². The van der Waals surface area contributed by atoms with Gasteiger partial charge in [0, 0.05) is 31.4 Å². The minimum atomic E-state index is -5.01. The summed E-state index contributed by atoms with van der Waals surface area (Å²) in [6.45, 7) is 0. The summed E-state index contributed by atoms with van der Waals surface area (Å²) in [5, 5.41) is 4.91. The molecule has 0 bridgehead atoms. The Labute approximate surface area is 228 Å². The van der Waals surface area contributed by atoms with E-state index in [1.807, 2.05) is 0 Å². The van der Waals surface area contributed by atoms with E-state index < -0.39 is 71.9 Å². The molecule has 0 aromatic heterocycles. The first kappa shape index (κ1) is 29.8. The lowest BCUT2D eigenvalue weighted by atomic mass is 9.77. The van der Waals surface area contributed by atoms with Crippen LogP contribution in [-0.2, 0) is 12.0 Å². The third kappa shape index (κ3) is 6.77. The van der Waals surface area contributed by atoms with E-state index in [2.05, 4.69) is 15.4 Å². The SMILES string of the molecule is O=Cc1cc(C(Cc2ccccc2)(NC(=O)NC2CC(F)(F)C2)c2cc(F)cc(OC(F)(F)C(F)F)c2)ccc1F. The number of urea groups is 1. The van der Waals surface area contributed by atoms with Crippen molar-refractivity contribution in [3.05, 3.63) is 101 Å². The van der Waals surface area contributed by atoms with Gasteiger partial charge in [-0.05, 0) is 41.0 Å². The smallest absolute Gasteiger partial charge is 0.428 e. The van der Waals surface area contributed by atoms with Crippen molar-refractivity contribution in [1.82, 2.24) is 10.6 Å². The molecule has 0 spiro atoms. The molecule has 13 heteroatoms. The van der Waals surface area contributed by atoms with Crippen LogP contribution in [0.15, 0.2) is 66.7 Å². The van der Waals surface area contributed by atoms with Gasteiger partial charge in [0.1, 0.15) is 17.4 Å². The summed E-state index contributed by atoms with van der Waals surface area (Å²) in [4.78, 5) is 24.7. The normalized spacial score (nSPS) is 16.4. The molecule has 1 aliphatic rings. The third-order valence-corrected chi connectivity index (χ3v) is 6.55. The van der Waals surface area contributed by atoms with Crippen molar-refractivity contribution in [3.63, 3.8) is 0 Å². The average Bonchev–Trinajstić information content (AvgIpc) is 2.87. The highest BCUT2D eigenvalue weighted by atomic mass is 19.3. The largest absolute Gasteiger partial charge is 0.461 e. The Hall–Kier alpha value is -4.16. The number of halogens is 8. The molecule has 41 heavy (non-hydrogen) atoms. The van der Waals surface area contributed by atoms with Crippen molar-refractivity contribution in [3.8, 4) is 5.75 Å². The molecular weight excluding hydrogens is 564 g/mol. The number of benzene rings is 3. The number of hydrogen-bond donors (Lipinski definition) is 2. The molecule has 1 unspecified atom stereocenters. The van der Waals surface area contributed by atoms with Crippen molar-refractivity contribution in [2.24, 2.45) is 0 Å². The molecular formula is C28H22F8N2O3. The second kappa shape index (κ2) is 11.4. The summed E-state index contributed by atoms with van der Waals surface area (Å²) in [6, 6.07) is 11.1. The molecule has 0 radical (unpaired) electrons. The highest BCUT2D eigenvalue weighted by molar-refractivity contribution is 5.78. The molecule has 2 amide bonds. The average molecular weight is 586 g/mol. The van der Waals surface area contributed by atoms with Crippen LogP contribution in [0.25, 0.3) is 0 Å².